The standard InChI is InChI=1S/C15H21N3O4/c1-2-3-8-21-13(19)11-4-6-12(7-5-11)14(20)22-15-17-9-16-10-18-15/h4-7,15-18H,2-3,8-10H2,1H3. The average molecular weight is 307 g/mol. The summed E-state index contributed by atoms with van der Waals surface area (Å²) in [7, 11) is 0. The summed E-state index contributed by atoms with van der Waals surface area (Å²) in [5.74, 6) is -0.840. The summed E-state index contributed by atoms with van der Waals surface area (Å²) >= 11 is 0. The van der Waals surface area contributed by atoms with E-state index in [9.17, 15) is 9.59 Å². The topological polar surface area (TPSA) is 88.7 Å². The van der Waals surface area contributed by atoms with Crippen molar-refractivity contribution in [2.45, 2.75) is 26.1 Å². The molecule has 0 bridgehead atoms. The van der Waals surface area contributed by atoms with Crippen LogP contribution in [0.3, 0.4) is 0 Å². The van der Waals surface area contributed by atoms with E-state index in [1.54, 1.807) is 24.3 Å². The van der Waals surface area contributed by atoms with Crippen LogP contribution < -0.4 is 16.0 Å². The van der Waals surface area contributed by atoms with Gasteiger partial charge in [-0.2, -0.15) is 0 Å². The number of rotatable bonds is 6. The second kappa shape index (κ2) is 8.47. The van der Waals surface area contributed by atoms with Gasteiger partial charge in [-0.1, -0.05) is 13.3 Å². The van der Waals surface area contributed by atoms with Crippen LogP contribution in [0.5, 0.6) is 0 Å². The summed E-state index contributed by atoms with van der Waals surface area (Å²) in [6.45, 7) is 3.56. The van der Waals surface area contributed by atoms with E-state index in [1.807, 2.05) is 6.92 Å². The predicted octanol–water partition coefficient (Wildman–Crippen LogP) is 0.781. The molecule has 7 heteroatoms. The maximum Gasteiger partial charge on any atom is 0.340 e. The molecule has 1 aromatic rings. The molecule has 1 fully saturated rings. The van der Waals surface area contributed by atoms with Crippen LogP contribution in [0.15, 0.2) is 24.3 Å². The molecule has 1 aromatic carbocycles. The molecule has 0 saturated carbocycles. The Balaban J connectivity index is 1.87. The van der Waals surface area contributed by atoms with Crippen molar-refractivity contribution in [1.29, 1.82) is 0 Å². The second-order valence-electron chi connectivity index (χ2n) is 4.86. The summed E-state index contributed by atoms with van der Waals surface area (Å²) < 4.78 is 10.3. The van der Waals surface area contributed by atoms with Gasteiger partial charge in [0.25, 0.3) is 0 Å². The number of carbonyl (C=O) groups excluding carboxylic acids is 2. The molecule has 1 aliphatic heterocycles. The minimum atomic E-state index is -0.521. The highest BCUT2D eigenvalue weighted by Crippen LogP contribution is 2.08. The Hall–Kier alpha value is -1.96. The molecule has 3 N–H and O–H groups in total. The molecule has 1 heterocycles. The Morgan fingerprint density at radius 2 is 1.68 bits per heavy atom. The van der Waals surface area contributed by atoms with E-state index in [0.717, 1.165) is 12.8 Å². The molecular formula is C15H21N3O4. The van der Waals surface area contributed by atoms with Crippen molar-refractivity contribution >= 4 is 11.9 Å². The summed E-state index contributed by atoms with van der Waals surface area (Å²) in [5.41, 5.74) is 0.804. The average Bonchev–Trinajstić information content (AvgIpc) is 2.56. The number of nitrogens with one attached hydrogen (secondary N) is 3. The number of unbranched alkanes of at least 4 members (excludes halogenated alkanes) is 1. The Morgan fingerprint density at radius 3 is 2.27 bits per heavy atom. The van der Waals surface area contributed by atoms with Crippen LogP contribution in [0.1, 0.15) is 40.5 Å². The van der Waals surface area contributed by atoms with Gasteiger partial charge in [0.15, 0.2) is 0 Å². The van der Waals surface area contributed by atoms with Gasteiger partial charge in [-0.25, -0.2) is 9.59 Å². The lowest BCUT2D eigenvalue weighted by molar-refractivity contribution is 0.00296. The Morgan fingerprint density at radius 1 is 1.09 bits per heavy atom. The lowest BCUT2D eigenvalue weighted by atomic mass is 10.1. The van der Waals surface area contributed by atoms with Crippen LogP contribution in [-0.2, 0) is 9.47 Å². The van der Waals surface area contributed by atoms with Gasteiger partial charge >= 0.3 is 11.9 Å². The van der Waals surface area contributed by atoms with E-state index < -0.39 is 12.3 Å². The van der Waals surface area contributed by atoms with Crippen LogP contribution in [-0.4, -0.2) is 38.2 Å². The SMILES string of the molecule is CCCCOC(=O)c1ccc(C(=O)OC2NCNCN2)cc1. The van der Waals surface area contributed by atoms with Gasteiger partial charge in [0.1, 0.15) is 0 Å². The van der Waals surface area contributed by atoms with E-state index in [2.05, 4.69) is 16.0 Å². The molecule has 7 nitrogen and oxygen atoms in total. The predicted molar refractivity (Wildman–Crippen MR) is 80.0 cm³/mol. The molecule has 0 radical (unpaired) electrons. The van der Waals surface area contributed by atoms with E-state index in [1.165, 1.54) is 0 Å². The first-order valence-corrected chi connectivity index (χ1v) is 7.36. The maximum absolute atomic E-state index is 12.0. The first kappa shape index (κ1) is 16.4. The molecule has 0 aliphatic carbocycles. The minimum Gasteiger partial charge on any atom is -0.462 e. The molecule has 0 atom stereocenters. The number of ether oxygens (including phenoxy) is 2. The van der Waals surface area contributed by atoms with Crippen molar-refractivity contribution in [2.75, 3.05) is 19.9 Å². The van der Waals surface area contributed by atoms with Gasteiger partial charge in [-0.15, -0.1) is 0 Å². The maximum atomic E-state index is 12.0. The molecule has 22 heavy (non-hydrogen) atoms. The lowest BCUT2D eigenvalue weighted by Gasteiger charge is -2.25. The first-order chi connectivity index (χ1) is 10.7. The van der Waals surface area contributed by atoms with Crippen molar-refractivity contribution in [3.63, 3.8) is 0 Å². The minimum absolute atomic E-state index is 0.380. The van der Waals surface area contributed by atoms with Crippen molar-refractivity contribution in [2.24, 2.45) is 0 Å². The molecule has 120 valence electrons. The van der Waals surface area contributed by atoms with Crippen LogP contribution in [0, 0.1) is 0 Å². The zero-order chi connectivity index (χ0) is 15.8. The molecule has 0 unspecified atom stereocenters. The summed E-state index contributed by atoms with van der Waals surface area (Å²) in [4.78, 5) is 23.7. The van der Waals surface area contributed by atoms with Gasteiger partial charge < -0.3 is 9.47 Å². The van der Waals surface area contributed by atoms with Crippen LogP contribution in [0.4, 0.5) is 0 Å². The van der Waals surface area contributed by atoms with E-state index in [0.29, 0.717) is 31.1 Å². The third-order valence-electron chi connectivity index (χ3n) is 3.14. The Bertz CT molecular complexity index is 498. The molecule has 0 aromatic heterocycles. The van der Waals surface area contributed by atoms with Crippen LogP contribution in [0.2, 0.25) is 0 Å². The number of hydrogen-bond donors (Lipinski definition) is 3. The molecule has 2 rings (SSSR count). The number of hydrogen-bond acceptors (Lipinski definition) is 7. The zero-order valence-electron chi connectivity index (χ0n) is 12.6. The Labute approximate surface area is 129 Å². The first-order valence-electron chi connectivity index (χ1n) is 7.36. The summed E-state index contributed by atoms with van der Waals surface area (Å²) in [5, 5.41) is 8.88. The van der Waals surface area contributed by atoms with Gasteiger partial charge in [0.05, 0.1) is 31.1 Å². The fourth-order valence-corrected chi connectivity index (χ4v) is 1.86. The molecule has 1 aliphatic rings. The van der Waals surface area contributed by atoms with Crippen LogP contribution in [0.25, 0.3) is 0 Å². The van der Waals surface area contributed by atoms with Crippen molar-refractivity contribution in [1.82, 2.24) is 16.0 Å². The highest BCUT2D eigenvalue weighted by Gasteiger charge is 2.17. The van der Waals surface area contributed by atoms with Gasteiger partial charge in [-0.3, -0.25) is 16.0 Å². The van der Waals surface area contributed by atoms with E-state index in [-0.39, 0.29) is 5.97 Å². The van der Waals surface area contributed by atoms with E-state index >= 15 is 0 Å². The number of benzene rings is 1. The van der Waals surface area contributed by atoms with Gasteiger partial charge in [0, 0.05) is 0 Å². The van der Waals surface area contributed by atoms with Gasteiger partial charge in [0.2, 0.25) is 6.35 Å². The van der Waals surface area contributed by atoms with Crippen molar-refractivity contribution in [3.8, 4) is 0 Å². The number of carbonyl (C=O) groups is 2. The molecular weight excluding hydrogens is 286 g/mol. The third-order valence-corrected chi connectivity index (χ3v) is 3.14. The molecule has 0 spiro atoms. The lowest BCUT2D eigenvalue weighted by Crippen LogP contribution is -2.57. The highest BCUT2D eigenvalue weighted by molar-refractivity contribution is 5.93. The molecule has 0 amide bonds. The van der Waals surface area contributed by atoms with E-state index in [4.69, 9.17) is 9.47 Å². The highest BCUT2D eigenvalue weighted by atomic mass is 16.6. The van der Waals surface area contributed by atoms with Crippen LogP contribution >= 0.6 is 0 Å². The zero-order valence-corrected chi connectivity index (χ0v) is 12.6. The normalized spacial score (nSPS) is 15.3. The fourth-order valence-electron chi connectivity index (χ4n) is 1.86. The second-order valence-corrected chi connectivity index (χ2v) is 4.86. The Kier molecular flexibility index (Phi) is 6.32. The van der Waals surface area contributed by atoms with Crippen molar-refractivity contribution in [3.05, 3.63) is 35.4 Å². The van der Waals surface area contributed by atoms with Gasteiger partial charge in [-0.05, 0) is 30.7 Å². The fraction of sp³-hybridized carbons (Fsp3) is 0.467. The smallest absolute Gasteiger partial charge is 0.340 e. The van der Waals surface area contributed by atoms with Crippen molar-refractivity contribution < 1.29 is 19.1 Å². The quantitative estimate of drug-likeness (QED) is 0.528. The summed E-state index contributed by atoms with van der Waals surface area (Å²) in [6.07, 6.45) is 1.29. The monoisotopic (exact) mass is 307 g/mol. The largest absolute Gasteiger partial charge is 0.462 e. The number of esters is 2. The molecule has 1 saturated heterocycles. The summed E-state index contributed by atoms with van der Waals surface area (Å²) in [6, 6.07) is 6.24. The third kappa shape index (κ3) is 4.80.